The molecule has 2 saturated heterocycles. The molecule has 2 rings (SSSR count). The van der Waals surface area contributed by atoms with Gasteiger partial charge in [0.1, 0.15) is 5.60 Å². The summed E-state index contributed by atoms with van der Waals surface area (Å²) in [6, 6.07) is 0. The summed E-state index contributed by atoms with van der Waals surface area (Å²) in [6.07, 6.45) is 0.352. The van der Waals surface area contributed by atoms with Crippen LogP contribution in [0.25, 0.3) is 0 Å². The van der Waals surface area contributed by atoms with Crippen LogP contribution in [-0.2, 0) is 14.3 Å². The standard InChI is InChI=1S/C13H22N2O4/c1-12(2,3)19-11(17)15-6-5-9-7-14-8-13(9,15)10(16)18-4/h9,14H,5-8H2,1-4H3/t9-,13-/m0/s1. The van der Waals surface area contributed by atoms with Crippen LogP contribution in [0, 0.1) is 5.92 Å². The van der Waals surface area contributed by atoms with Gasteiger partial charge < -0.3 is 14.8 Å². The second-order valence-corrected chi connectivity index (χ2v) is 6.16. The number of amides is 1. The summed E-state index contributed by atoms with van der Waals surface area (Å²) < 4.78 is 10.3. The van der Waals surface area contributed by atoms with Gasteiger partial charge in [-0.05, 0) is 27.2 Å². The maximum absolute atomic E-state index is 12.3. The number of carbonyl (C=O) groups is 2. The monoisotopic (exact) mass is 270 g/mol. The minimum Gasteiger partial charge on any atom is -0.467 e. The molecular weight excluding hydrogens is 248 g/mol. The number of likely N-dealkylation sites (tertiary alicyclic amines) is 1. The Morgan fingerprint density at radius 1 is 1.37 bits per heavy atom. The van der Waals surface area contributed by atoms with Crippen molar-refractivity contribution in [3.8, 4) is 0 Å². The molecule has 0 unspecified atom stereocenters. The first kappa shape index (κ1) is 14.1. The van der Waals surface area contributed by atoms with E-state index in [1.807, 2.05) is 20.8 Å². The van der Waals surface area contributed by atoms with Crippen LogP contribution in [0.2, 0.25) is 0 Å². The van der Waals surface area contributed by atoms with Gasteiger partial charge in [-0.2, -0.15) is 0 Å². The van der Waals surface area contributed by atoms with Crippen molar-refractivity contribution < 1.29 is 19.1 Å². The molecule has 6 nitrogen and oxygen atoms in total. The molecule has 2 aliphatic heterocycles. The largest absolute Gasteiger partial charge is 0.467 e. The van der Waals surface area contributed by atoms with Crippen molar-refractivity contribution in [1.82, 2.24) is 10.2 Å². The van der Waals surface area contributed by atoms with Crippen molar-refractivity contribution in [1.29, 1.82) is 0 Å². The molecular formula is C13H22N2O4. The van der Waals surface area contributed by atoms with Crippen LogP contribution in [-0.4, -0.2) is 54.8 Å². The maximum Gasteiger partial charge on any atom is 0.411 e. The third-order valence-electron chi connectivity index (χ3n) is 3.80. The van der Waals surface area contributed by atoms with Gasteiger partial charge >= 0.3 is 12.1 Å². The van der Waals surface area contributed by atoms with E-state index in [2.05, 4.69) is 5.32 Å². The van der Waals surface area contributed by atoms with Crippen molar-refractivity contribution in [3.63, 3.8) is 0 Å². The maximum atomic E-state index is 12.3. The smallest absolute Gasteiger partial charge is 0.411 e. The summed E-state index contributed by atoms with van der Waals surface area (Å²) >= 11 is 0. The first-order valence-electron chi connectivity index (χ1n) is 6.61. The number of hydrogen-bond acceptors (Lipinski definition) is 5. The highest BCUT2D eigenvalue weighted by Crippen LogP contribution is 2.39. The van der Waals surface area contributed by atoms with Crippen LogP contribution in [0.15, 0.2) is 0 Å². The zero-order valence-corrected chi connectivity index (χ0v) is 12.0. The first-order valence-corrected chi connectivity index (χ1v) is 6.61. The molecule has 0 aliphatic carbocycles. The molecule has 0 saturated carbocycles. The zero-order chi connectivity index (χ0) is 14.3. The van der Waals surface area contributed by atoms with E-state index in [4.69, 9.17) is 9.47 Å². The summed E-state index contributed by atoms with van der Waals surface area (Å²) in [5.74, 6) is -0.252. The quantitative estimate of drug-likeness (QED) is 0.712. The Hall–Kier alpha value is -1.30. The van der Waals surface area contributed by atoms with Gasteiger partial charge in [0.2, 0.25) is 0 Å². The minimum absolute atomic E-state index is 0.104. The number of rotatable bonds is 1. The number of hydrogen-bond donors (Lipinski definition) is 1. The molecule has 0 bridgehead atoms. The third-order valence-corrected chi connectivity index (χ3v) is 3.80. The second kappa shape index (κ2) is 4.67. The molecule has 1 N–H and O–H groups in total. The lowest BCUT2D eigenvalue weighted by atomic mass is 9.88. The van der Waals surface area contributed by atoms with Crippen molar-refractivity contribution >= 4 is 12.1 Å². The van der Waals surface area contributed by atoms with E-state index in [1.54, 1.807) is 0 Å². The predicted molar refractivity (Wildman–Crippen MR) is 68.7 cm³/mol. The average Bonchev–Trinajstić information content (AvgIpc) is 2.83. The van der Waals surface area contributed by atoms with Crippen LogP contribution < -0.4 is 5.32 Å². The SMILES string of the molecule is COC(=O)[C@]12CNC[C@@H]1CCN2C(=O)OC(C)(C)C. The molecule has 0 spiro atoms. The summed E-state index contributed by atoms with van der Waals surface area (Å²) in [7, 11) is 1.36. The van der Waals surface area contributed by atoms with E-state index in [0.717, 1.165) is 13.0 Å². The molecule has 6 heteroatoms. The third kappa shape index (κ3) is 2.29. The van der Waals surface area contributed by atoms with Gasteiger partial charge in [-0.15, -0.1) is 0 Å². The first-order chi connectivity index (χ1) is 8.81. The predicted octanol–water partition coefficient (Wildman–Crippen LogP) is 0.758. The number of nitrogens with zero attached hydrogens (tertiary/aromatic N) is 1. The molecule has 0 radical (unpaired) electrons. The van der Waals surface area contributed by atoms with Crippen LogP contribution in [0.5, 0.6) is 0 Å². The van der Waals surface area contributed by atoms with E-state index in [1.165, 1.54) is 12.0 Å². The Labute approximate surface area is 113 Å². The Balaban J connectivity index is 2.25. The molecule has 108 valence electrons. The topological polar surface area (TPSA) is 67.9 Å². The van der Waals surface area contributed by atoms with Gasteiger partial charge in [0.05, 0.1) is 7.11 Å². The molecule has 0 aromatic rings. The lowest BCUT2D eigenvalue weighted by molar-refractivity contribution is -0.153. The van der Waals surface area contributed by atoms with Crippen molar-refractivity contribution in [2.45, 2.75) is 38.3 Å². The molecule has 2 aliphatic rings. The number of fused-ring (bicyclic) bond motifs is 1. The fourth-order valence-corrected chi connectivity index (χ4v) is 2.99. The number of ether oxygens (including phenoxy) is 2. The lowest BCUT2D eigenvalue weighted by Crippen LogP contribution is -2.58. The summed E-state index contributed by atoms with van der Waals surface area (Å²) in [4.78, 5) is 26.0. The Bertz CT molecular complexity index is 391. The molecule has 2 heterocycles. The number of methoxy groups -OCH3 is 1. The van der Waals surface area contributed by atoms with E-state index in [9.17, 15) is 9.59 Å². The lowest BCUT2D eigenvalue weighted by Gasteiger charge is -2.36. The molecule has 0 aromatic heterocycles. The fourth-order valence-electron chi connectivity index (χ4n) is 2.99. The minimum atomic E-state index is -0.892. The Morgan fingerprint density at radius 3 is 2.63 bits per heavy atom. The van der Waals surface area contributed by atoms with Gasteiger partial charge in [0.15, 0.2) is 5.54 Å². The summed E-state index contributed by atoms with van der Waals surface area (Å²) in [6.45, 7) is 7.15. The van der Waals surface area contributed by atoms with Crippen LogP contribution in [0.3, 0.4) is 0 Å². The average molecular weight is 270 g/mol. The van der Waals surface area contributed by atoms with Crippen LogP contribution in [0.1, 0.15) is 27.2 Å². The molecule has 0 aromatic carbocycles. The Morgan fingerprint density at radius 2 is 2.05 bits per heavy atom. The van der Waals surface area contributed by atoms with Crippen LogP contribution >= 0.6 is 0 Å². The van der Waals surface area contributed by atoms with Gasteiger partial charge in [0, 0.05) is 25.6 Å². The number of nitrogens with one attached hydrogen (secondary N) is 1. The van der Waals surface area contributed by atoms with Crippen molar-refractivity contribution in [2.75, 3.05) is 26.7 Å². The van der Waals surface area contributed by atoms with Crippen molar-refractivity contribution in [3.05, 3.63) is 0 Å². The summed E-state index contributed by atoms with van der Waals surface area (Å²) in [5.41, 5.74) is -1.46. The van der Waals surface area contributed by atoms with E-state index >= 15 is 0 Å². The fraction of sp³-hybridized carbons (Fsp3) is 0.846. The van der Waals surface area contributed by atoms with Gasteiger partial charge in [-0.25, -0.2) is 9.59 Å². The molecule has 1 amide bonds. The van der Waals surface area contributed by atoms with Gasteiger partial charge in [-0.3, -0.25) is 4.90 Å². The van der Waals surface area contributed by atoms with Crippen LogP contribution in [0.4, 0.5) is 4.79 Å². The van der Waals surface area contributed by atoms with E-state index < -0.39 is 17.2 Å². The normalized spacial score (nSPS) is 30.1. The highest BCUT2D eigenvalue weighted by atomic mass is 16.6. The second-order valence-electron chi connectivity index (χ2n) is 6.16. The number of esters is 1. The van der Waals surface area contributed by atoms with Gasteiger partial charge in [0.25, 0.3) is 0 Å². The van der Waals surface area contributed by atoms with Gasteiger partial charge in [-0.1, -0.05) is 0 Å². The van der Waals surface area contributed by atoms with Crippen molar-refractivity contribution in [2.24, 2.45) is 5.92 Å². The zero-order valence-electron chi connectivity index (χ0n) is 12.0. The molecule has 19 heavy (non-hydrogen) atoms. The summed E-state index contributed by atoms with van der Waals surface area (Å²) in [5, 5.41) is 3.18. The molecule has 2 fully saturated rings. The number of carbonyl (C=O) groups excluding carboxylic acids is 2. The highest BCUT2D eigenvalue weighted by Gasteiger charge is 2.60. The van der Waals surface area contributed by atoms with E-state index in [-0.39, 0.29) is 11.9 Å². The molecule has 2 atom stereocenters. The Kier molecular flexibility index (Phi) is 3.47. The van der Waals surface area contributed by atoms with E-state index in [0.29, 0.717) is 13.1 Å². The highest BCUT2D eigenvalue weighted by molar-refractivity contribution is 5.88.